The van der Waals surface area contributed by atoms with Crippen LogP contribution in [0.15, 0.2) is 48.8 Å². The largest absolute Gasteiger partial charge is 0.329 e. The lowest BCUT2D eigenvalue weighted by Crippen LogP contribution is -2.21. The van der Waals surface area contributed by atoms with Gasteiger partial charge in [0.15, 0.2) is 0 Å². The van der Waals surface area contributed by atoms with E-state index >= 15 is 0 Å². The van der Waals surface area contributed by atoms with Crippen LogP contribution in [0.3, 0.4) is 0 Å². The Bertz CT molecular complexity index is 454. The van der Waals surface area contributed by atoms with Crippen molar-refractivity contribution in [3.8, 4) is 11.1 Å². The summed E-state index contributed by atoms with van der Waals surface area (Å²) < 4.78 is 0. The summed E-state index contributed by atoms with van der Waals surface area (Å²) in [5.41, 5.74) is 14.9. The zero-order chi connectivity index (χ0) is 11.4. The van der Waals surface area contributed by atoms with E-state index in [0.717, 1.165) is 16.7 Å². The monoisotopic (exact) mass is 213 g/mol. The molecule has 0 radical (unpaired) electrons. The Labute approximate surface area is 95.1 Å². The molecule has 0 aliphatic rings. The number of hydrogen-bond acceptors (Lipinski definition) is 3. The predicted octanol–water partition coefficient (Wildman–Crippen LogP) is 1.71. The lowest BCUT2D eigenvalue weighted by atomic mass is 9.96. The molecular weight excluding hydrogens is 198 g/mol. The average molecular weight is 213 g/mol. The van der Waals surface area contributed by atoms with E-state index in [1.54, 1.807) is 12.4 Å². The predicted molar refractivity (Wildman–Crippen MR) is 65.7 cm³/mol. The van der Waals surface area contributed by atoms with Crippen molar-refractivity contribution in [2.45, 2.75) is 6.04 Å². The van der Waals surface area contributed by atoms with Crippen molar-refractivity contribution in [2.24, 2.45) is 11.5 Å². The first-order valence-corrected chi connectivity index (χ1v) is 5.28. The Morgan fingerprint density at radius 3 is 2.44 bits per heavy atom. The van der Waals surface area contributed by atoms with Gasteiger partial charge in [0.25, 0.3) is 0 Å². The maximum Gasteiger partial charge on any atom is 0.0425 e. The summed E-state index contributed by atoms with van der Waals surface area (Å²) in [6.45, 7) is 0.447. The fraction of sp³-hybridized carbons (Fsp3) is 0.154. The number of hydrogen-bond donors (Lipinski definition) is 2. The Morgan fingerprint density at radius 2 is 1.75 bits per heavy atom. The molecule has 0 aliphatic carbocycles. The molecule has 0 amide bonds. The van der Waals surface area contributed by atoms with Gasteiger partial charge in [-0.25, -0.2) is 0 Å². The number of nitrogens with two attached hydrogens (primary N) is 2. The summed E-state index contributed by atoms with van der Waals surface area (Å²) in [6.07, 6.45) is 3.56. The molecule has 3 heteroatoms. The standard InChI is InChI=1S/C13H15N3/c14-9-13(15)12-4-2-1-3-11(12)10-5-7-16-8-6-10/h1-8,13H,9,14-15H2/t13-/m0/s1. The van der Waals surface area contributed by atoms with Crippen molar-refractivity contribution < 1.29 is 0 Å². The molecule has 82 valence electrons. The second-order valence-electron chi connectivity index (χ2n) is 3.67. The SMILES string of the molecule is NC[C@H](N)c1ccccc1-c1ccncc1. The van der Waals surface area contributed by atoms with E-state index in [4.69, 9.17) is 11.5 Å². The van der Waals surface area contributed by atoms with Gasteiger partial charge in [-0.3, -0.25) is 4.98 Å². The number of nitrogens with zero attached hydrogens (tertiary/aromatic N) is 1. The summed E-state index contributed by atoms with van der Waals surface area (Å²) >= 11 is 0. The normalized spacial score (nSPS) is 12.4. The van der Waals surface area contributed by atoms with E-state index in [0.29, 0.717) is 6.54 Å². The molecule has 16 heavy (non-hydrogen) atoms. The third-order valence-corrected chi connectivity index (χ3v) is 2.61. The van der Waals surface area contributed by atoms with Gasteiger partial charge in [0.2, 0.25) is 0 Å². The molecule has 0 spiro atoms. The van der Waals surface area contributed by atoms with Gasteiger partial charge in [-0.15, -0.1) is 0 Å². The van der Waals surface area contributed by atoms with Crippen LogP contribution in [0.2, 0.25) is 0 Å². The number of rotatable bonds is 3. The van der Waals surface area contributed by atoms with E-state index in [2.05, 4.69) is 11.1 Å². The highest BCUT2D eigenvalue weighted by atomic mass is 14.7. The molecule has 0 aliphatic heterocycles. The minimum Gasteiger partial charge on any atom is -0.329 e. The summed E-state index contributed by atoms with van der Waals surface area (Å²) in [7, 11) is 0. The third kappa shape index (κ3) is 2.10. The zero-order valence-electron chi connectivity index (χ0n) is 9.01. The van der Waals surface area contributed by atoms with Crippen molar-refractivity contribution in [3.63, 3.8) is 0 Å². The highest BCUT2D eigenvalue weighted by Crippen LogP contribution is 2.26. The van der Waals surface area contributed by atoms with Gasteiger partial charge >= 0.3 is 0 Å². The Morgan fingerprint density at radius 1 is 1.06 bits per heavy atom. The van der Waals surface area contributed by atoms with Crippen LogP contribution < -0.4 is 11.5 Å². The third-order valence-electron chi connectivity index (χ3n) is 2.61. The Kier molecular flexibility index (Phi) is 3.29. The van der Waals surface area contributed by atoms with Gasteiger partial charge in [0.1, 0.15) is 0 Å². The van der Waals surface area contributed by atoms with Gasteiger partial charge < -0.3 is 11.5 Å². The summed E-state index contributed by atoms with van der Waals surface area (Å²) in [6, 6.07) is 11.9. The lowest BCUT2D eigenvalue weighted by molar-refractivity contribution is 0.739. The molecule has 0 saturated heterocycles. The first-order chi connectivity index (χ1) is 7.83. The van der Waals surface area contributed by atoms with Crippen molar-refractivity contribution in [3.05, 3.63) is 54.4 Å². The van der Waals surface area contributed by atoms with Crippen LogP contribution in [0.1, 0.15) is 11.6 Å². The Balaban J connectivity index is 2.49. The molecular formula is C13H15N3. The van der Waals surface area contributed by atoms with Gasteiger partial charge in [-0.05, 0) is 28.8 Å². The van der Waals surface area contributed by atoms with Crippen LogP contribution in [-0.2, 0) is 0 Å². The molecule has 0 saturated carbocycles. The molecule has 3 nitrogen and oxygen atoms in total. The minimum atomic E-state index is -0.121. The zero-order valence-corrected chi connectivity index (χ0v) is 9.01. The van der Waals surface area contributed by atoms with Gasteiger partial charge in [-0.2, -0.15) is 0 Å². The quantitative estimate of drug-likeness (QED) is 0.815. The van der Waals surface area contributed by atoms with Crippen LogP contribution >= 0.6 is 0 Å². The maximum atomic E-state index is 5.99. The molecule has 1 aromatic carbocycles. The lowest BCUT2D eigenvalue weighted by Gasteiger charge is -2.14. The first kappa shape index (κ1) is 10.8. The molecule has 0 bridgehead atoms. The highest BCUT2D eigenvalue weighted by molar-refractivity contribution is 5.67. The van der Waals surface area contributed by atoms with E-state index in [-0.39, 0.29) is 6.04 Å². The average Bonchev–Trinajstić information content (AvgIpc) is 2.39. The fourth-order valence-electron chi connectivity index (χ4n) is 1.74. The first-order valence-electron chi connectivity index (χ1n) is 5.28. The smallest absolute Gasteiger partial charge is 0.0425 e. The topological polar surface area (TPSA) is 64.9 Å². The number of aromatic nitrogens is 1. The van der Waals surface area contributed by atoms with Crippen LogP contribution in [0.25, 0.3) is 11.1 Å². The van der Waals surface area contributed by atoms with Crippen molar-refractivity contribution in [2.75, 3.05) is 6.54 Å². The molecule has 2 aromatic rings. The van der Waals surface area contributed by atoms with Crippen LogP contribution in [-0.4, -0.2) is 11.5 Å². The van der Waals surface area contributed by atoms with Crippen molar-refractivity contribution >= 4 is 0 Å². The van der Waals surface area contributed by atoms with Gasteiger partial charge in [-0.1, -0.05) is 24.3 Å². The molecule has 1 aromatic heterocycles. The van der Waals surface area contributed by atoms with Gasteiger partial charge in [0.05, 0.1) is 0 Å². The second kappa shape index (κ2) is 4.88. The summed E-state index contributed by atoms with van der Waals surface area (Å²) in [5, 5.41) is 0. The van der Waals surface area contributed by atoms with E-state index < -0.39 is 0 Å². The van der Waals surface area contributed by atoms with E-state index in [1.807, 2.05) is 30.3 Å². The maximum absolute atomic E-state index is 5.99. The van der Waals surface area contributed by atoms with Crippen molar-refractivity contribution in [1.82, 2.24) is 4.98 Å². The van der Waals surface area contributed by atoms with Crippen LogP contribution in [0.5, 0.6) is 0 Å². The van der Waals surface area contributed by atoms with E-state index in [1.165, 1.54) is 0 Å². The summed E-state index contributed by atoms with van der Waals surface area (Å²) in [5.74, 6) is 0. The highest BCUT2D eigenvalue weighted by Gasteiger charge is 2.09. The minimum absolute atomic E-state index is 0.121. The molecule has 1 atom stereocenters. The van der Waals surface area contributed by atoms with Crippen molar-refractivity contribution in [1.29, 1.82) is 0 Å². The van der Waals surface area contributed by atoms with Gasteiger partial charge in [0, 0.05) is 25.0 Å². The van der Waals surface area contributed by atoms with Crippen LogP contribution in [0, 0.1) is 0 Å². The summed E-state index contributed by atoms with van der Waals surface area (Å²) in [4.78, 5) is 4.01. The molecule has 4 N–H and O–H groups in total. The van der Waals surface area contributed by atoms with Crippen LogP contribution in [0.4, 0.5) is 0 Å². The fourth-order valence-corrected chi connectivity index (χ4v) is 1.74. The molecule has 0 fully saturated rings. The van der Waals surface area contributed by atoms with E-state index in [9.17, 15) is 0 Å². The number of benzene rings is 1. The Hall–Kier alpha value is -1.71. The number of pyridine rings is 1. The molecule has 2 rings (SSSR count). The molecule has 1 heterocycles. The molecule has 0 unspecified atom stereocenters. The second-order valence-corrected chi connectivity index (χ2v) is 3.67.